The normalized spacial score (nSPS) is 13.4. The second-order valence-corrected chi connectivity index (χ2v) is 6.11. The van der Waals surface area contributed by atoms with Crippen molar-refractivity contribution in [1.29, 1.82) is 0 Å². The zero-order chi connectivity index (χ0) is 14.6. The van der Waals surface area contributed by atoms with E-state index in [4.69, 9.17) is 0 Å². The first-order valence-electron chi connectivity index (χ1n) is 6.85. The van der Waals surface area contributed by atoms with Crippen LogP contribution in [0, 0.1) is 11.3 Å². The largest absolute Gasteiger partial charge is 0.300 e. The lowest BCUT2D eigenvalue weighted by molar-refractivity contribution is -0.132. The summed E-state index contributed by atoms with van der Waals surface area (Å²) in [6.07, 6.45) is 0.412. The lowest BCUT2D eigenvalue weighted by Gasteiger charge is -2.34. The van der Waals surface area contributed by atoms with Gasteiger partial charge in [0.15, 0.2) is 0 Å². The van der Waals surface area contributed by atoms with E-state index in [1.165, 1.54) is 0 Å². The highest BCUT2D eigenvalue weighted by Crippen LogP contribution is 2.40. The van der Waals surface area contributed by atoms with Crippen LogP contribution in [0.2, 0.25) is 0 Å². The molecule has 2 heteroatoms. The van der Waals surface area contributed by atoms with Gasteiger partial charge in [-0.15, -0.1) is 0 Å². The Kier molecular flexibility index (Phi) is 5.04. The fourth-order valence-corrected chi connectivity index (χ4v) is 2.68. The topological polar surface area (TPSA) is 34.1 Å². The first-order chi connectivity index (χ1) is 8.76. The van der Waals surface area contributed by atoms with Gasteiger partial charge < -0.3 is 4.79 Å². The average molecular weight is 260 g/mol. The van der Waals surface area contributed by atoms with E-state index in [1.54, 1.807) is 6.92 Å². The molecule has 1 unspecified atom stereocenters. The van der Waals surface area contributed by atoms with Gasteiger partial charge in [0.2, 0.25) is 0 Å². The molecule has 0 fully saturated rings. The van der Waals surface area contributed by atoms with Crippen LogP contribution >= 0.6 is 0 Å². The van der Waals surface area contributed by atoms with E-state index in [0.717, 1.165) is 5.56 Å². The minimum atomic E-state index is -0.527. The molecule has 0 spiro atoms. The quantitative estimate of drug-likeness (QED) is 0.774. The van der Waals surface area contributed by atoms with Crippen LogP contribution in [-0.4, -0.2) is 11.6 Å². The molecule has 0 aliphatic carbocycles. The number of hydrogen-bond donors (Lipinski definition) is 0. The molecule has 0 amide bonds. The Hall–Kier alpha value is -1.44. The number of ketones is 2. The highest BCUT2D eigenvalue weighted by Gasteiger charge is 2.38. The fourth-order valence-electron chi connectivity index (χ4n) is 2.68. The molecule has 1 atom stereocenters. The molecule has 1 rings (SSSR count). The van der Waals surface area contributed by atoms with Gasteiger partial charge in [-0.25, -0.2) is 0 Å². The smallest absolute Gasteiger partial charge is 0.141 e. The summed E-state index contributed by atoms with van der Waals surface area (Å²) in [5, 5.41) is 0. The molecular weight excluding hydrogens is 236 g/mol. The molecule has 0 aliphatic heterocycles. The van der Waals surface area contributed by atoms with Crippen LogP contribution in [0.1, 0.15) is 52.5 Å². The van der Waals surface area contributed by atoms with Crippen molar-refractivity contribution >= 4 is 11.6 Å². The SMILES string of the molecule is CC(=O)CC(c1ccccc1)C(C)(C)C(=O)C(C)C. The van der Waals surface area contributed by atoms with Gasteiger partial charge in [0.05, 0.1) is 0 Å². The van der Waals surface area contributed by atoms with E-state index in [2.05, 4.69) is 0 Å². The molecule has 0 radical (unpaired) electrons. The first-order valence-corrected chi connectivity index (χ1v) is 6.85. The highest BCUT2D eigenvalue weighted by atomic mass is 16.1. The maximum atomic E-state index is 12.4. The molecule has 0 saturated heterocycles. The first kappa shape index (κ1) is 15.6. The molecule has 1 aromatic rings. The Labute approximate surface area is 116 Å². The van der Waals surface area contributed by atoms with Gasteiger partial charge >= 0.3 is 0 Å². The van der Waals surface area contributed by atoms with Crippen LogP contribution in [0.3, 0.4) is 0 Å². The predicted octanol–water partition coefficient (Wildman–Crippen LogP) is 4.00. The molecular formula is C17H24O2. The van der Waals surface area contributed by atoms with Crippen LogP contribution in [-0.2, 0) is 9.59 Å². The third-order valence-electron chi connectivity index (χ3n) is 3.72. The lowest BCUT2D eigenvalue weighted by Crippen LogP contribution is -2.35. The van der Waals surface area contributed by atoms with Gasteiger partial charge in [-0.1, -0.05) is 58.0 Å². The number of carbonyl (C=O) groups excluding carboxylic acids is 2. The monoisotopic (exact) mass is 260 g/mol. The second kappa shape index (κ2) is 6.14. The highest BCUT2D eigenvalue weighted by molar-refractivity contribution is 5.88. The summed E-state index contributed by atoms with van der Waals surface area (Å²) in [5.41, 5.74) is 0.540. The predicted molar refractivity (Wildman–Crippen MR) is 78.1 cm³/mol. The summed E-state index contributed by atoms with van der Waals surface area (Å²) in [5.74, 6) is 0.260. The Morgan fingerprint density at radius 2 is 1.63 bits per heavy atom. The number of carbonyl (C=O) groups is 2. The van der Waals surface area contributed by atoms with Gasteiger partial charge in [-0.2, -0.15) is 0 Å². The van der Waals surface area contributed by atoms with E-state index in [-0.39, 0.29) is 23.4 Å². The summed E-state index contributed by atoms with van der Waals surface area (Å²) in [6.45, 7) is 9.33. The molecule has 0 bridgehead atoms. The van der Waals surface area contributed by atoms with Gasteiger partial charge in [0, 0.05) is 23.7 Å². The van der Waals surface area contributed by atoms with E-state index in [9.17, 15) is 9.59 Å². The van der Waals surface area contributed by atoms with E-state index < -0.39 is 5.41 Å². The Morgan fingerprint density at radius 3 is 2.05 bits per heavy atom. The molecule has 0 aliphatic rings. The van der Waals surface area contributed by atoms with Gasteiger partial charge in [-0.05, 0) is 12.5 Å². The zero-order valence-corrected chi connectivity index (χ0v) is 12.6. The van der Waals surface area contributed by atoms with Crippen molar-refractivity contribution in [1.82, 2.24) is 0 Å². The van der Waals surface area contributed by atoms with Crippen molar-refractivity contribution in [2.24, 2.45) is 11.3 Å². The minimum absolute atomic E-state index is 0.0202. The standard InChI is InChI=1S/C17H24O2/c1-12(2)16(19)17(4,5)15(11-13(3)18)14-9-7-6-8-10-14/h6-10,12,15H,11H2,1-5H3. The van der Waals surface area contributed by atoms with Crippen LogP contribution in [0.4, 0.5) is 0 Å². The molecule has 2 nitrogen and oxygen atoms in total. The van der Waals surface area contributed by atoms with E-state index in [1.807, 2.05) is 58.0 Å². The number of hydrogen-bond acceptors (Lipinski definition) is 2. The zero-order valence-electron chi connectivity index (χ0n) is 12.6. The number of benzene rings is 1. The molecule has 1 aromatic carbocycles. The van der Waals surface area contributed by atoms with Crippen LogP contribution in [0.5, 0.6) is 0 Å². The van der Waals surface area contributed by atoms with E-state index in [0.29, 0.717) is 6.42 Å². The Morgan fingerprint density at radius 1 is 1.11 bits per heavy atom. The molecule has 0 N–H and O–H groups in total. The van der Waals surface area contributed by atoms with E-state index >= 15 is 0 Å². The summed E-state index contributed by atoms with van der Waals surface area (Å²) < 4.78 is 0. The van der Waals surface area contributed by atoms with Gasteiger partial charge in [0.25, 0.3) is 0 Å². The van der Waals surface area contributed by atoms with Crippen LogP contribution < -0.4 is 0 Å². The summed E-state index contributed by atoms with van der Waals surface area (Å²) in [6, 6.07) is 9.87. The average Bonchev–Trinajstić information content (AvgIpc) is 2.35. The van der Waals surface area contributed by atoms with Crippen molar-refractivity contribution in [2.45, 2.75) is 47.0 Å². The molecule has 104 valence electrons. The van der Waals surface area contributed by atoms with Crippen molar-refractivity contribution in [3.8, 4) is 0 Å². The summed E-state index contributed by atoms with van der Waals surface area (Å²) in [4.78, 5) is 24.0. The van der Waals surface area contributed by atoms with Gasteiger partial charge in [0.1, 0.15) is 11.6 Å². The maximum absolute atomic E-state index is 12.4. The third-order valence-corrected chi connectivity index (χ3v) is 3.72. The van der Waals surface area contributed by atoms with Crippen LogP contribution in [0.15, 0.2) is 30.3 Å². The number of Topliss-reactive ketones (excluding diaryl/α,β-unsaturated/α-hetero) is 2. The van der Waals surface area contributed by atoms with Crippen molar-refractivity contribution in [3.63, 3.8) is 0 Å². The minimum Gasteiger partial charge on any atom is -0.300 e. The summed E-state index contributed by atoms with van der Waals surface area (Å²) in [7, 11) is 0. The van der Waals surface area contributed by atoms with Gasteiger partial charge in [-0.3, -0.25) is 4.79 Å². The van der Waals surface area contributed by atoms with Crippen molar-refractivity contribution < 1.29 is 9.59 Å². The second-order valence-electron chi connectivity index (χ2n) is 6.11. The van der Waals surface area contributed by atoms with Crippen molar-refractivity contribution in [3.05, 3.63) is 35.9 Å². The van der Waals surface area contributed by atoms with Crippen LogP contribution in [0.25, 0.3) is 0 Å². The molecule has 19 heavy (non-hydrogen) atoms. The molecule has 0 aromatic heterocycles. The Balaban J connectivity index is 3.17. The lowest BCUT2D eigenvalue weighted by atomic mass is 9.67. The fraction of sp³-hybridized carbons (Fsp3) is 0.529. The van der Waals surface area contributed by atoms with Crippen molar-refractivity contribution in [2.75, 3.05) is 0 Å². The molecule has 0 saturated carbocycles. The maximum Gasteiger partial charge on any atom is 0.141 e. The number of rotatable bonds is 6. The third kappa shape index (κ3) is 3.76. The summed E-state index contributed by atoms with van der Waals surface area (Å²) >= 11 is 0. The Bertz CT molecular complexity index is 444. The molecule has 0 heterocycles.